The molecule has 0 aliphatic heterocycles. The molecule has 0 bridgehead atoms. The number of aromatic nitrogens is 3. The normalized spacial score (nSPS) is 10.7. The van der Waals surface area contributed by atoms with Crippen molar-refractivity contribution < 1.29 is 9.53 Å². The van der Waals surface area contributed by atoms with Crippen LogP contribution in [0.4, 0.5) is 0 Å². The lowest BCUT2D eigenvalue weighted by molar-refractivity contribution is 0.0458. The second-order valence-corrected chi connectivity index (χ2v) is 6.84. The molecule has 1 aromatic carbocycles. The van der Waals surface area contributed by atoms with E-state index in [9.17, 15) is 4.79 Å². The second kappa shape index (κ2) is 6.29. The molecule has 5 nitrogen and oxygen atoms in total. The van der Waals surface area contributed by atoms with Gasteiger partial charge < -0.3 is 4.74 Å². The van der Waals surface area contributed by atoms with E-state index >= 15 is 0 Å². The van der Waals surface area contributed by atoms with Crippen LogP contribution in [-0.2, 0) is 18.4 Å². The number of halogens is 2. The van der Waals surface area contributed by atoms with Gasteiger partial charge in [0.25, 0.3) is 5.82 Å². The maximum atomic E-state index is 11.8. The van der Waals surface area contributed by atoms with Crippen LogP contribution in [0, 0.1) is 0 Å². The Balaban J connectivity index is 2.02. The van der Waals surface area contributed by atoms with E-state index in [1.807, 2.05) is 30.3 Å². The zero-order valence-corrected chi connectivity index (χ0v) is 13.3. The number of carbonyl (C=O) groups excluding carboxylic acids is 1. The van der Waals surface area contributed by atoms with Gasteiger partial charge in [-0.25, -0.2) is 9.78 Å². The van der Waals surface area contributed by atoms with Crippen molar-refractivity contribution in [1.82, 2.24) is 14.8 Å². The van der Waals surface area contributed by atoms with Gasteiger partial charge in [-0.1, -0.05) is 62.2 Å². The van der Waals surface area contributed by atoms with Crippen molar-refractivity contribution in [2.75, 3.05) is 0 Å². The Morgan fingerprint density at radius 2 is 2.05 bits per heavy atom. The molecule has 0 radical (unpaired) electrons. The van der Waals surface area contributed by atoms with E-state index in [-0.39, 0.29) is 16.2 Å². The first-order valence-electron chi connectivity index (χ1n) is 5.48. The molecule has 0 atom stereocenters. The van der Waals surface area contributed by atoms with E-state index in [0.717, 1.165) is 5.56 Å². The average Bonchev–Trinajstić information content (AvgIpc) is 2.79. The van der Waals surface area contributed by atoms with Crippen LogP contribution >= 0.6 is 31.9 Å². The smallest absolute Gasteiger partial charge is 0.378 e. The first-order valence-corrected chi connectivity index (χ1v) is 7.31. The summed E-state index contributed by atoms with van der Waals surface area (Å²) in [6.07, 6.45) is 0. The predicted octanol–water partition coefficient (Wildman–Crippen LogP) is 2.96. The Morgan fingerprint density at radius 3 is 2.63 bits per heavy atom. The van der Waals surface area contributed by atoms with Gasteiger partial charge in [-0.15, -0.1) is 5.10 Å². The number of carbonyl (C=O) groups is 1. The molecule has 0 amide bonds. The molecule has 100 valence electrons. The van der Waals surface area contributed by atoms with Crippen LogP contribution in [0.2, 0.25) is 0 Å². The number of hydrogen-bond donors (Lipinski definition) is 0. The molecule has 2 aromatic rings. The summed E-state index contributed by atoms with van der Waals surface area (Å²) >= 11 is 6.63. The van der Waals surface area contributed by atoms with Crippen molar-refractivity contribution in [3.8, 4) is 0 Å². The van der Waals surface area contributed by atoms with Crippen molar-refractivity contribution in [1.29, 1.82) is 0 Å². The molecule has 0 unspecified atom stereocenters. The van der Waals surface area contributed by atoms with E-state index in [1.165, 1.54) is 4.68 Å². The van der Waals surface area contributed by atoms with E-state index < -0.39 is 5.97 Å². The van der Waals surface area contributed by atoms with Crippen molar-refractivity contribution in [3.05, 3.63) is 47.5 Å². The summed E-state index contributed by atoms with van der Waals surface area (Å²) < 4.78 is 6.52. The van der Waals surface area contributed by atoms with Crippen molar-refractivity contribution in [3.63, 3.8) is 0 Å². The van der Waals surface area contributed by atoms with Crippen LogP contribution in [0.15, 0.2) is 30.3 Å². The van der Waals surface area contributed by atoms with E-state index in [2.05, 4.69) is 41.9 Å². The first kappa shape index (κ1) is 14.2. The maximum Gasteiger partial charge on any atom is 0.378 e. The Hall–Kier alpha value is -1.21. The third kappa shape index (κ3) is 3.63. The molecule has 1 aromatic heterocycles. The molecule has 1 heterocycles. The second-order valence-electron chi connectivity index (χ2n) is 3.78. The van der Waals surface area contributed by atoms with Gasteiger partial charge in [0.2, 0.25) is 0 Å². The lowest BCUT2D eigenvalue weighted by atomic mass is 10.2. The molecule has 19 heavy (non-hydrogen) atoms. The van der Waals surface area contributed by atoms with Crippen LogP contribution in [0.3, 0.4) is 0 Å². The third-order valence-electron chi connectivity index (χ3n) is 2.39. The maximum absolute atomic E-state index is 11.8. The summed E-state index contributed by atoms with van der Waals surface area (Å²) in [7, 11) is 1.71. The van der Waals surface area contributed by atoms with Crippen molar-refractivity contribution in [2.24, 2.45) is 7.05 Å². The Bertz CT molecular complexity index is 570. The fourth-order valence-electron chi connectivity index (χ4n) is 1.46. The fraction of sp³-hybridized carbons (Fsp3) is 0.250. The zero-order chi connectivity index (χ0) is 13.8. The Labute approximate surface area is 127 Å². The van der Waals surface area contributed by atoms with Crippen LogP contribution in [-0.4, -0.2) is 20.7 Å². The number of rotatable bonds is 4. The van der Waals surface area contributed by atoms with Gasteiger partial charge in [0.05, 0.1) is 0 Å². The molecular formula is C12H11Br2N3O2. The molecule has 0 fully saturated rings. The van der Waals surface area contributed by atoms with Crippen LogP contribution in [0.1, 0.15) is 25.7 Å². The highest BCUT2D eigenvalue weighted by atomic mass is 79.9. The molecule has 0 N–H and O–H groups in total. The molecule has 0 saturated carbocycles. The number of nitrogens with zero attached hydrogens (tertiary/aromatic N) is 3. The number of alkyl halides is 2. The SMILES string of the molecule is Cn1nc(C(=O)OCc2ccccc2)nc1C(Br)Br. The van der Waals surface area contributed by atoms with E-state index in [0.29, 0.717) is 5.82 Å². The molecule has 0 aliphatic rings. The summed E-state index contributed by atoms with van der Waals surface area (Å²) in [5.74, 6) is 0.121. The highest BCUT2D eigenvalue weighted by Gasteiger charge is 2.19. The summed E-state index contributed by atoms with van der Waals surface area (Å²) in [5, 5.41) is 4.02. The highest BCUT2D eigenvalue weighted by molar-refractivity contribution is 9.24. The lowest BCUT2D eigenvalue weighted by Gasteiger charge is -2.01. The Morgan fingerprint density at radius 1 is 1.37 bits per heavy atom. The Kier molecular flexibility index (Phi) is 4.71. The fourth-order valence-corrected chi connectivity index (χ4v) is 2.26. The minimum atomic E-state index is -0.536. The van der Waals surface area contributed by atoms with Crippen LogP contribution in [0.5, 0.6) is 0 Å². The summed E-state index contributed by atoms with van der Waals surface area (Å²) in [5.41, 5.74) is 0.922. The van der Waals surface area contributed by atoms with Crippen LogP contribution in [0.25, 0.3) is 0 Å². The number of hydrogen-bond acceptors (Lipinski definition) is 4. The summed E-state index contributed by atoms with van der Waals surface area (Å²) in [6, 6.07) is 9.46. The highest BCUT2D eigenvalue weighted by Crippen LogP contribution is 2.26. The third-order valence-corrected chi connectivity index (χ3v) is 3.21. The monoisotopic (exact) mass is 387 g/mol. The van der Waals surface area contributed by atoms with Gasteiger partial charge in [0.1, 0.15) is 10.3 Å². The van der Waals surface area contributed by atoms with Gasteiger partial charge in [0.15, 0.2) is 5.82 Å². The van der Waals surface area contributed by atoms with Gasteiger partial charge in [-0.2, -0.15) is 0 Å². The standard InChI is InChI=1S/C12H11Br2N3O2/c1-17-11(9(13)14)15-10(16-17)12(18)19-7-8-5-3-2-4-6-8/h2-6,9H,7H2,1H3. The minimum Gasteiger partial charge on any atom is -0.455 e. The predicted molar refractivity (Wildman–Crippen MR) is 77.2 cm³/mol. The van der Waals surface area contributed by atoms with Crippen LogP contribution < -0.4 is 0 Å². The topological polar surface area (TPSA) is 57.0 Å². The van der Waals surface area contributed by atoms with Gasteiger partial charge in [0, 0.05) is 7.05 Å². The van der Waals surface area contributed by atoms with E-state index in [1.54, 1.807) is 7.05 Å². The molecule has 2 rings (SSSR count). The van der Waals surface area contributed by atoms with Gasteiger partial charge in [-0.05, 0) is 5.56 Å². The summed E-state index contributed by atoms with van der Waals surface area (Å²) in [6.45, 7) is 0.208. The van der Waals surface area contributed by atoms with Crippen molar-refractivity contribution >= 4 is 37.8 Å². The number of ether oxygens (including phenoxy) is 1. The first-order chi connectivity index (χ1) is 9.08. The lowest BCUT2D eigenvalue weighted by Crippen LogP contribution is -2.08. The molecule has 0 spiro atoms. The number of esters is 1. The molecule has 0 saturated heterocycles. The molecule has 7 heteroatoms. The van der Waals surface area contributed by atoms with E-state index in [4.69, 9.17) is 4.74 Å². The molecular weight excluding hydrogens is 378 g/mol. The average molecular weight is 389 g/mol. The quantitative estimate of drug-likeness (QED) is 0.596. The van der Waals surface area contributed by atoms with Gasteiger partial charge >= 0.3 is 5.97 Å². The number of benzene rings is 1. The zero-order valence-electron chi connectivity index (χ0n) is 10.1. The molecule has 0 aliphatic carbocycles. The van der Waals surface area contributed by atoms with Gasteiger partial charge in [-0.3, -0.25) is 4.68 Å². The largest absolute Gasteiger partial charge is 0.455 e. The summed E-state index contributed by atoms with van der Waals surface area (Å²) in [4.78, 5) is 15.9. The number of aryl methyl sites for hydroxylation is 1. The minimum absolute atomic E-state index is 0.0531. The van der Waals surface area contributed by atoms with Crippen molar-refractivity contribution in [2.45, 2.75) is 10.3 Å².